The molecule has 40 heavy (non-hydrogen) atoms. The van der Waals surface area contributed by atoms with Crippen LogP contribution in [-0.2, 0) is 16.3 Å². The first-order valence-electron chi connectivity index (χ1n) is 13.3. The van der Waals surface area contributed by atoms with E-state index in [2.05, 4.69) is 27.4 Å². The zero-order valence-electron chi connectivity index (χ0n) is 22.4. The van der Waals surface area contributed by atoms with Gasteiger partial charge in [0.05, 0.1) is 34.6 Å². The molecule has 0 radical (unpaired) electrons. The Bertz CT molecular complexity index is 1550. The molecule has 1 saturated heterocycles. The van der Waals surface area contributed by atoms with E-state index in [9.17, 15) is 21.6 Å². The summed E-state index contributed by atoms with van der Waals surface area (Å²) in [4.78, 5) is 2.68. The Hall–Kier alpha value is -2.94. The summed E-state index contributed by atoms with van der Waals surface area (Å²) in [5, 5.41) is 7.38. The third-order valence-electron chi connectivity index (χ3n) is 7.35. The number of benzene rings is 2. The maximum Gasteiger partial charge on any atom is 0.242 e. The van der Waals surface area contributed by atoms with Crippen molar-refractivity contribution in [3.8, 4) is 17.6 Å². The number of rotatable bonds is 9. The van der Waals surface area contributed by atoms with Gasteiger partial charge in [-0.1, -0.05) is 24.0 Å². The Morgan fingerprint density at radius 1 is 1.15 bits per heavy atom. The van der Waals surface area contributed by atoms with Gasteiger partial charge in [-0.05, 0) is 42.7 Å². The fourth-order valence-electron chi connectivity index (χ4n) is 5.20. The second kappa shape index (κ2) is 11.9. The summed E-state index contributed by atoms with van der Waals surface area (Å²) in [7, 11) is -2.41. The van der Waals surface area contributed by atoms with Gasteiger partial charge in [0, 0.05) is 50.0 Å². The van der Waals surface area contributed by atoms with Crippen molar-refractivity contribution in [3.05, 3.63) is 46.6 Å². The highest BCUT2D eigenvalue weighted by molar-refractivity contribution is 7.90. The molecular weight excluding hydrogens is 559 g/mol. The zero-order valence-corrected chi connectivity index (χ0v) is 24.0. The van der Waals surface area contributed by atoms with Gasteiger partial charge in [0.25, 0.3) is 0 Å². The molecule has 2 aliphatic rings. The Balaban J connectivity index is 1.35. The van der Waals surface area contributed by atoms with E-state index in [0.29, 0.717) is 16.5 Å². The number of thiophene rings is 1. The minimum atomic E-state index is -3.77. The number of hydrogen-bond acceptors (Lipinski definition) is 7. The highest BCUT2D eigenvalue weighted by Crippen LogP contribution is 2.38. The van der Waals surface area contributed by atoms with Crippen molar-refractivity contribution in [1.82, 2.24) is 4.90 Å². The number of piperidine rings is 1. The van der Waals surface area contributed by atoms with Crippen LogP contribution in [0, 0.1) is 17.7 Å². The second-order valence-corrected chi connectivity index (χ2v) is 13.3. The molecule has 214 valence electrons. The summed E-state index contributed by atoms with van der Waals surface area (Å²) in [5.74, 6) is 5.23. The Morgan fingerprint density at radius 2 is 1.90 bits per heavy atom. The lowest BCUT2D eigenvalue weighted by atomic mass is 10.0. The molecule has 2 N–H and O–H groups in total. The number of anilines is 2. The van der Waals surface area contributed by atoms with E-state index < -0.39 is 33.4 Å². The lowest BCUT2D eigenvalue weighted by Crippen LogP contribution is -2.40. The van der Waals surface area contributed by atoms with E-state index in [1.807, 2.05) is 18.2 Å². The fraction of sp³-hybridized carbons (Fsp3) is 0.448. The topological polar surface area (TPSA) is 70.7 Å². The SMILES string of the molecule is COc1cc(S(C)(=O)=O)c(F)cc1NCC#Cc1sc2c(NC3CCN(C4CC4)CC3)cccc2c1CC(F)F. The molecule has 0 bridgehead atoms. The maximum atomic E-state index is 14.4. The van der Waals surface area contributed by atoms with Crippen LogP contribution < -0.4 is 15.4 Å². The van der Waals surface area contributed by atoms with Crippen molar-refractivity contribution in [2.45, 2.75) is 55.5 Å². The Morgan fingerprint density at radius 3 is 2.55 bits per heavy atom. The number of fused-ring (bicyclic) bond motifs is 1. The van der Waals surface area contributed by atoms with Gasteiger partial charge in [-0.25, -0.2) is 21.6 Å². The van der Waals surface area contributed by atoms with Crippen LogP contribution in [0.1, 0.15) is 36.1 Å². The van der Waals surface area contributed by atoms with Gasteiger partial charge in [-0.15, -0.1) is 11.3 Å². The third-order valence-corrected chi connectivity index (χ3v) is 9.66. The second-order valence-electron chi connectivity index (χ2n) is 10.3. The molecule has 1 aromatic heterocycles. The zero-order chi connectivity index (χ0) is 28.4. The lowest BCUT2D eigenvalue weighted by molar-refractivity contribution is 0.149. The first kappa shape index (κ1) is 28.6. The number of nitrogens with one attached hydrogen (secondary N) is 2. The van der Waals surface area contributed by atoms with Crippen molar-refractivity contribution < 1.29 is 26.3 Å². The first-order valence-corrected chi connectivity index (χ1v) is 16.0. The first-order chi connectivity index (χ1) is 19.1. The van der Waals surface area contributed by atoms with Crippen LogP contribution >= 0.6 is 11.3 Å². The summed E-state index contributed by atoms with van der Waals surface area (Å²) in [6.45, 7) is 2.23. The number of halogens is 3. The van der Waals surface area contributed by atoms with Gasteiger partial charge in [0.2, 0.25) is 6.43 Å². The van der Waals surface area contributed by atoms with Crippen LogP contribution in [-0.4, -0.2) is 64.8 Å². The van der Waals surface area contributed by atoms with Gasteiger partial charge in [-0.2, -0.15) is 0 Å². The van der Waals surface area contributed by atoms with Crippen molar-refractivity contribution in [3.63, 3.8) is 0 Å². The van der Waals surface area contributed by atoms with E-state index in [-0.39, 0.29) is 18.0 Å². The molecule has 0 spiro atoms. The van der Waals surface area contributed by atoms with Gasteiger partial charge >= 0.3 is 0 Å². The molecule has 11 heteroatoms. The number of hydrogen-bond donors (Lipinski definition) is 2. The summed E-state index contributed by atoms with van der Waals surface area (Å²) in [6, 6.07) is 9.03. The molecular formula is C29H32F3N3O3S2. The molecule has 2 heterocycles. The number of methoxy groups -OCH3 is 1. The summed E-state index contributed by atoms with van der Waals surface area (Å²) < 4.78 is 71.3. The number of likely N-dealkylation sites (tertiary alicyclic amines) is 1. The average molecular weight is 592 g/mol. The van der Waals surface area contributed by atoms with Crippen LogP contribution in [0.3, 0.4) is 0 Å². The largest absolute Gasteiger partial charge is 0.495 e. The minimum absolute atomic E-state index is 0.0705. The molecule has 1 aliphatic carbocycles. The van der Waals surface area contributed by atoms with Crippen LogP contribution in [0.2, 0.25) is 0 Å². The Kier molecular flexibility index (Phi) is 8.50. The average Bonchev–Trinajstić information content (AvgIpc) is 3.70. The molecule has 0 amide bonds. The van der Waals surface area contributed by atoms with E-state index in [1.165, 1.54) is 31.3 Å². The highest BCUT2D eigenvalue weighted by atomic mass is 32.2. The van der Waals surface area contributed by atoms with Crippen molar-refractivity contribution in [1.29, 1.82) is 0 Å². The van der Waals surface area contributed by atoms with Crippen molar-refractivity contribution in [2.24, 2.45) is 0 Å². The third kappa shape index (κ3) is 6.51. The molecule has 0 atom stereocenters. The van der Waals surface area contributed by atoms with Crippen molar-refractivity contribution >= 4 is 42.6 Å². The molecule has 0 unspecified atom stereocenters. The van der Waals surface area contributed by atoms with Gasteiger partial charge < -0.3 is 20.3 Å². The van der Waals surface area contributed by atoms with Crippen LogP contribution in [0.5, 0.6) is 5.75 Å². The number of alkyl halides is 2. The molecule has 5 rings (SSSR count). The smallest absolute Gasteiger partial charge is 0.242 e. The fourth-order valence-corrected chi connectivity index (χ4v) is 7.12. The molecule has 2 aromatic carbocycles. The van der Waals surface area contributed by atoms with Crippen LogP contribution in [0.4, 0.5) is 24.5 Å². The predicted molar refractivity (Wildman–Crippen MR) is 154 cm³/mol. The summed E-state index contributed by atoms with van der Waals surface area (Å²) in [6.07, 6.45) is 2.72. The summed E-state index contributed by atoms with van der Waals surface area (Å²) >= 11 is 1.40. The monoisotopic (exact) mass is 591 g/mol. The number of sulfone groups is 1. The number of nitrogens with zero attached hydrogens (tertiary/aromatic N) is 1. The van der Waals surface area contributed by atoms with Crippen LogP contribution in [0.15, 0.2) is 35.2 Å². The van der Waals surface area contributed by atoms with Gasteiger partial charge in [0.15, 0.2) is 9.84 Å². The predicted octanol–water partition coefficient (Wildman–Crippen LogP) is 5.76. The normalized spacial score (nSPS) is 16.6. The Labute approximate surface area is 236 Å². The van der Waals surface area contributed by atoms with E-state index in [4.69, 9.17) is 4.74 Å². The van der Waals surface area contributed by atoms with Crippen LogP contribution in [0.25, 0.3) is 10.1 Å². The van der Waals surface area contributed by atoms with Gasteiger partial charge in [0.1, 0.15) is 16.5 Å². The summed E-state index contributed by atoms with van der Waals surface area (Å²) in [5.41, 5.74) is 1.71. The maximum absolute atomic E-state index is 14.4. The minimum Gasteiger partial charge on any atom is -0.495 e. The molecule has 2 fully saturated rings. The molecule has 6 nitrogen and oxygen atoms in total. The molecule has 1 aliphatic heterocycles. The number of ether oxygens (including phenoxy) is 1. The van der Waals surface area contributed by atoms with E-state index >= 15 is 0 Å². The van der Waals surface area contributed by atoms with Gasteiger partial charge in [-0.3, -0.25) is 0 Å². The highest BCUT2D eigenvalue weighted by Gasteiger charge is 2.32. The lowest BCUT2D eigenvalue weighted by Gasteiger charge is -2.33. The van der Waals surface area contributed by atoms with E-state index in [1.54, 1.807) is 0 Å². The molecule has 1 saturated carbocycles. The van der Waals surface area contributed by atoms with E-state index in [0.717, 1.165) is 66.1 Å². The van der Waals surface area contributed by atoms with Crippen molar-refractivity contribution in [2.75, 3.05) is 43.6 Å². The quantitative estimate of drug-likeness (QED) is 0.309. The standard InChI is InChI=1S/C29H32F3N3O3S2/c1-38-25-17-27(40(2,36)37)22(30)16-24(25)33-12-4-7-26-21(15-28(31)32)20-5-3-6-23(29(20)39-26)34-18-10-13-35(14-11-18)19-8-9-19/h3,5-6,16-19,28,33-34H,8-15H2,1-2H3. The molecule has 3 aromatic rings.